The molecule has 0 fully saturated rings. The van der Waals surface area contributed by atoms with Crippen LogP contribution in [0.1, 0.15) is 15.9 Å². The van der Waals surface area contributed by atoms with Crippen molar-refractivity contribution in [2.24, 2.45) is 0 Å². The molecular weight excluding hydrogens is 329 g/mol. The molecular formula is C12H8Cl3NO2S. The van der Waals surface area contributed by atoms with Gasteiger partial charge in [0.05, 0.1) is 15.1 Å². The Bertz CT molecular complexity index is 588. The SMILES string of the molecule is O=C(NCc1ccsc1)c1c(O)c(Cl)cc(Cl)c1Cl. The highest BCUT2D eigenvalue weighted by Crippen LogP contribution is 2.38. The van der Waals surface area contributed by atoms with E-state index in [2.05, 4.69) is 5.32 Å². The summed E-state index contributed by atoms with van der Waals surface area (Å²) in [6.07, 6.45) is 0. The molecule has 0 saturated carbocycles. The van der Waals surface area contributed by atoms with Crippen LogP contribution in [0.4, 0.5) is 0 Å². The maximum atomic E-state index is 12.0. The van der Waals surface area contributed by atoms with Crippen molar-refractivity contribution < 1.29 is 9.90 Å². The third-order valence-corrected chi connectivity index (χ3v) is 4.21. The Kier molecular flexibility index (Phi) is 4.58. The smallest absolute Gasteiger partial charge is 0.256 e. The van der Waals surface area contributed by atoms with E-state index in [1.807, 2.05) is 16.8 Å². The zero-order valence-electron chi connectivity index (χ0n) is 9.41. The molecule has 1 aromatic carbocycles. The lowest BCUT2D eigenvalue weighted by Gasteiger charge is -2.10. The summed E-state index contributed by atoms with van der Waals surface area (Å²) < 4.78 is 0. The van der Waals surface area contributed by atoms with Gasteiger partial charge in [0, 0.05) is 6.54 Å². The number of carbonyl (C=O) groups is 1. The van der Waals surface area contributed by atoms with E-state index in [0.29, 0.717) is 6.54 Å². The summed E-state index contributed by atoms with van der Waals surface area (Å²) in [5, 5.41) is 16.3. The summed E-state index contributed by atoms with van der Waals surface area (Å²) in [6, 6.07) is 3.17. The fourth-order valence-corrected chi connectivity index (χ4v) is 2.82. The number of nitrogens with one attached hydrogen (secondary N) is 1. The molecule has 2 aromatic rings. The van der Waals surface area contributed by atoms with Gasteiger partial charge in [0.1, 0.15) is 11.3 Å². The zero-order chi connectivity index (χ0) is 14.0. The highest BCUT2D eigenvalue weighted by molar-refractivity contribution is 7.07. The fraction of sp³-hybridized carbons (Fsp3) is 0.0833. The number of hydrogen-bond donors (Lipinski definition) is 2. The number of carbonyl (C=O) groups excluding carboxylic acids is 1. The molecule has 7 heteroatoms. The lowest BCUT2D eigenvalue weighted by molar-refractivity contribution is 0.0948. The average molecular weight is 337 g/mol. The molecule has 0 aliphatic carbocycles. The lowest BCUT2D eigenvalue weighted by Crippen LogP contribution is -2.23. The number of halogens is 3. The van der Waals surface area contributed by atoms with Crippen LogP contribution < -0.4 is 5.32 Å². The predicted octanol–water partition coefficient (Wildman–Crippen LogP) is 4.34. The van der Waals surface area contributed by atoms with E-state index in [-0.39, 0.29) is 26.4 Å². The minimum Gasteiger partial charge on any atom is -0.505 e. The molecule has 0 saturated heterocycles. The summed E-state index contributed by atoms with van der Waals surface area (Å²) >= 11 is 19.0. The van der Waals surface area contributed by atoms with Crippen LogP contribution in [0.3, 0.4) is 0 Å². The molecule has 1 heterocycles. The molecule has 0 radical (unpaired) electrons. The van der Waals surface area contributed by atoms with Crippen molar-refractivity contribution in [3.8, 4) is 5.75 Å². The Morgan fingerprint density at radius 2 is 2.05 bits per heavy atom. The lowest BCUT2D eigenvalue weighted by atomic mass is 10.1. The van der Waals surface area contributed by atoms with E-state index >= 15 is 0 Å². The normalized spacial score (nSPS) is 10.5. The van der Waals surface area contributed by atoms with E-state index in [9.17, 15) is 9.90 Å². The Balaban J connectivity index is 2.24. The number of amides is 1. The molecule has 0 atom stereocenters. The van der Waals surface area contributed by atoms with E-state index in [1.165, 1.54) is 17.4 Å². The molecule has 0 aliphatic rings. The van der Waals surface area contributed by atoms with Gasteiger partial charge in [0.2, 0.25) is 0 Å². The molecule has 0 aliphatic heterocycles. The number of phenols is 1. The van der Waals surface area contributed by atoms with Gasteiger partial charge in [-0.3, -0.25) is 4.79 Å². The summed E-state index contributed by atoms with van der Waals surface area (Å²) in [5.41, 5.74) is 0.844. The van der Waals surface area contributed by atoms with Gasteiger partial charge in [0.25, 0.3) is 5.91 Å². The highest BCUT2D eigenvalue weighted by Gasteiger charge is 2.20. The van der Waals surface area contributed by atoms with Gasteiger partial charge in [-0.1, -0.05) is 34.8 Å². The number of aromatic hydroxyl groups is 1. The molecule has 100 valence electrons. The third-order valence-electron chi connectivity index (χ3n) is 2.41. The second kappa shape index (κ2) is 6.01. The Morgan fingerprint density at radius 1 is 1.32 bits per heavy atom. The Morgan fingerprint density at radius 3 is 2.68 bits per heavy atom. The van der Waals surface area contributed by atoms with Crippen LogP contribution >= 0.6 is 46.1 Å². The largest absolute Gasteiger partial charge is 0.505 e. The molecule has 1 amide bonds. The Labute approximate surface area is 128 Å². The monoisotopic (exact) mass is 335 g/mol. The maximum absolute atomic E-state index is 12.0. The van der Waals surface area contributed by atoms with Crippen LogP contribution in [0.2, 0.25) is 15.1 Å². The fourth-order valence-electron chi connectivity index (χ4n) is 1.46. The number of thiophene rings is 1. The molecule has 0 spiro atoms. The van der Waals surface area contributed by atoms with Gasteiger partial charge < -0.3 is 10.4 Å². The first-order valence-corrected chi connectivity index (χ1v) is 7.24. The minimum atomic E-state index is -0.530. The van der Waals surface area contributed by atoms with Crippen LogP contribution in [0.5, 0.6) is 5.75 Å². The number of phenolic OH excluding ortho intramolecular Hbond substituents is 1. The summed E-state index contributed by atoms with van der Waals surface area (Å²) in [7, 11) is 0. The van der Waals surface area contributed by atoms with Crippen molar-refractivity contribution in [1.82, 2.24) is 5.32 Å². The first kappa shape index (κ1) is 14.5. The van der Waals surface area contributed by atoms with Crippen molar-refractivity contribution >= 4 is 52.0 Å². The van der Waals surface area contributed by atoms with Gasteiger partial charge >= 0.3 is 0 Å². The summed E-state index contributed by atoms with van der Waals surface area (Å²) in [6.45, 7) is 0.336. The quantitative estimate of drug-likeness (QED) is 0.819. The molecule has 2 N–H and O–H groups in total. The average Bonchev–Trinajstić information content (AvgIpc) is 2.87. The van der Waals surface area contributed by atoms with Gasteiger partial charge in [0.15, 0.2) is 0 Å². The van der Waals surface area contributed by atoms with E-state index in [4.69, 9.17) is 34.8 Å². The molecule has 1 aromatic heterocycles. The minimum absolute atomic E-state index is 0.0184. The standard InChI is InChI=1S/C12H8Cl3NO2S/c13-7-3-8(14)11(17)9(10(7)15)12(18)16-4-6-1-2-19-5-6/h1-3,5,17H,4H2,(H,16,18). The maximum Gasteiger partial charge on any atom is 0.256 e. The van der Waals surface area contributed by atoms with Crippen molar-refractivity contribution in [3.63, 3.8) is 0 Å². The first-order valence-electron chi connectivity index (χ1n) is 5.16. The van der Waals surface area contributed by atoms with E-state index < -0.39 is 5.91 Å². The van der Waals surface area contributed by atoms with Gasteiger partial charge in [-0.25, -0.2) is 0 Å². The van der Waals surface area contributed by atoms with Crippen molar-refractivity contribution in [3.05, 3.63) is 49.1 Å². The summed E-state index contributed by atoms with van der Waals surface area (Å²) in [4.78, 5) is 12.0. The second-order valence-corrected chi connectivity index (χ2v) is 5.66. The van der Waals surface area contributed by atoms with Crippen molar-refractivity contribution in [2.45, 2.75) is 6.54 Å². The zero-order valence-corrected chi connectivity index (χ0v) is 12.5. The highest BCUT2D eigenvalue weighted by atomic mass is 35.5. The number of benzene rings is 1. The molecule has 0 unspecified atom stereocenters. The second-order valence-electron chi connectivity index (χ2n) is 3.69. The van der Waals surface area contributed by atoms with Crippen molar-refractivity contribution in [2.75, 3.05) is 0 Å². The van der Waals surface area contributed by atoms with Crippen LogP contribution in [0, 0.1) is 0 Å². The molecule has 0 bridgehead atoms. The van der Waals surface area contributed by atoms with Crippen molar-refractivity contribution in [1.29, 1.82) is 0 Å². The van der Waals surface area contributed by atoms with Crippen LogP contribution in [-0.4, -0.2) is 11.0 Å². The molecule has 19 heavy (non-hydrogen) atoms. The van der Waals surface area contributed by atoms with Gasteiger partial charge in [-0.2, -0.15) is 11.3 Å². The van der Waals surface area contributed by atoms with Crippen LogP contribution in [0.25, 0.3) is 0 Å². The van der Waals surface area contributed by atoms with Gasteiger partial charge in [-0.05, 0) is 28.5 Å². The number of hydrogen-bond acceptors (Lipinski definition) is 3. The van der Waals surface area contributed by atoms with E-state index in [1.54, 1.807) is 0 Å². The molecule has 2 rings (SSSR count). The molecule has 3 nitrogen and oxygen atoms in total. The van der Waals surface area contributed by atoms with Gasteiger partial charge in [-0.15, -0.1) is 0 Å². The van der Waals surface area contributed by atoms with E-state index in [0.717, 1.165) is 5.56 Å². The topological polar surface area (TPSA) is 49.3 Å². The Hall–Kier alpha value is -0.940. The number of rotatable bonds is 3. The predicted molar refractivity (Wildman–Crippen MR) is 78.6 cm³/mol. The van der Waals surface area contributed by atoms with Crippen LogP contribution in [0.15, 0.2) is 22.9 Å². The summed E-state index contributed by atoms with van der Waals surface area (Å²) in [5.74, 6) is -0.906. The first-order chi connectivity index (χ1) is 9.00. The third kappa shape index (κ3) is 3.15. The van der Waals surface area contributed by atoms with Crippen LogP contribution in [-0.2, 0) is 6.54 Å².